The summed E-state index contributed by atoms with van der Waals surface area (Å²) in [7, 11) is 0. The monoisotopic (exact) mass is 463 g/mol. The molecule has 4 rings (SSSR count). The summed E-state index contributed by atoms with van der Waals surface area (Å²) in [5.41, 5.74) is 2.84. The summed E-state index contributed by atoms with van der Waals surface area (Å²) in [4.78, 5) is 8.70. The Kier molecular flexibility index (Phi) is 5.13. The molecule has 9 heteroatoms. The molecule has 0 aliphatic heterocycles. The van der Waals surface area contributed by atoms with Crippen LogP contribution in [-0.4, -0.2) is 19.2 Å². The predicted octanol–water partition coefficient (Wildman–Crippen LogP) is 3.92. The van der Waals surface area contributed by atoms with Crippen LogP contribution in [0.25, 0.3) is 16.8 Å². The van der Waals surface area contributed by atoms with E-state index in [1.807, 2.05) is 12.1 Å². The molecule has 4 aromatic rings. The summed E-state index contributed by atoms with van der Waals surface area (Å²) in [5.74, 6) is 0. The van der Waals surface area contributed by atoms with Crippen molar-refractivity contribution < 1.29 is 0 Å². The smallest absolute Gasteiger partial charge is 0.241 e. The lowest BCUT2D eigenvalue weighted by Gasteiger charge is -2.13. The zero-order valence-electron chi connectivity index (χ0n) is 14.8. The highest BCUT2D eigenvalue weighted by Crippen LogP contribution is 2.32. The van der Waals surface area contributed by atoms with Gasteiger partial charge in [0, 0.05) is 23.0 Å². The van der Waals surface area contributed by atoms with Crippen molar-refractivity contribution in [3.8, 4) is 23.5 Å². The number of hydrogen-bond donors (Lipinski definition) is 0. The molecular weight excluding hydrogens is 454 g/mol. The van der Waals surface area contributed by atoms with Gasteiger partial charge in [0.1, 0.15) is 17.1 Å². The van der Waals surface area contributed by atoms with Crippen LogP contribution in [0, 0.1) is 22.8 Å². The molecule has 0 atom stereocenters. The molecule has 0 aliphatic carbocycles. The molecule has 0 spiro atoms. The summed E-state index contributed by atoms with van der Waals surface area (Å²) in [6.07, 6.45) is 7.07. The summed E-state index contributed by atoms with van der Waals surface area (Å²) in [5, 5.41) is 24.6. The molecule has 0 saturated carbocycles. The molecule has 3 aromatic heterocycles. The zero-order chi connectivity index (χ0) is 20.4. The second kappa shape index (κ2) is 7.88. The fourth-order valence-electron chi connectivity index (χ4n) is 3.02. The summed E-state index contributed by atoms with van der Waals surface area (Å²) >= 11 is 9.85. The molecule has 0 fully saturated rings. The number of fused-ring (bicyclic) bond motifs is 1. The zero-order valence-corrected chi connectivity index (χ0v) is 17.1. The van der Waals surface area contributed by atoms with Crippen LogP contribution in [0.2, 0.25) is 5.02 Å². The van der Waals surface area contributed by atoms with E-state index >= 15 is 0 Å². The molecule has 3 heterocycles. The number of nitrogens with zero attached hydrogens (tertiary/aromatic N) is 7. The second-order valence-corrected chi connectivity index (χ2v) is 7.24. The molecule has 0 N–H and O–H groups in total. The highest BCUT2D eigenvalue weighted by molar-refractivity contribution is 9.10. The lowest BCUT2D eigenvalue weighted by Crippen LogP contribution is -2.29. The Balaban J connectivity index is 2.13. The first-order valence-electron chi connectivity index (χ1n) is 8.42. The van der Waals surface area contributed by atoms with Crippen LogP contribution >= 0.6 is 27.5 Å². The number of pyridine rings is 1. The minimum absolute atomic E-state index is 0.268. The van der Waals surface area contributed by atoms with Crippen LogP contribution in [0.5, 0.6) is 0 Å². The first-order chi connectivity index (χ1) is 14.2. The fraction of sp³-hybridized carbons (Fsp3) is 0.0500. The molecule has 29 heavy (non-hydrogen) atoms. The van der Waals surface area contributed by atoms with Gasteiger partial charge in [-0.25, -0.2) is 9.56 Å². The Morgan fingerprint density at radius 2 is 1.97 bits per heavy atom. The largest absolute Gasteiger partial charge is 0.264 e. The van der Waals surface area contributed by atoms with E-state index < -0.39 is 0 Å². The Hall–Kier alpha value is -3.46. The quantitative estimate of drug-likeness (QED) is 0.459. The maximum absolute atomic E-state index is 9.97. The number of halogens is 2. The molecule has 0 saturated heterocycles. The maximum Gasteiger partial charge on any atom is 0.241 e. The second-order valence-electron chi connectivity index (χ2n) is 5.98. The first-order valence-corrected chi connectivity index (χ1v) is 9.59. The maximum atomic E-state index is 9.97. The molecule has 7 nitrogen and oxygen atoms in total. The minimum atomic E-state index is 0.268. The van der Waals surface area contributed by atoms with Crippen molar-refractivity contribution in [2.45, 2.75) is 6.54 Å². The standard InChI is InChI=1S/C20H11BrClN7/c21-16-11-27-29-19(16)15(8-23)18(14-5-1-2-6-17(14)22)28(12-24)20(29)26-10-13-4-3-7-25-9-13/h1-7,9,11H,10H2. The molecule has 0 amide bonds. The average molecular weight is 465 g/mol. The van der Waals surface area contributed by atoms with Gasteiger partial charge in [0.15, 0.2) is 6.19 Å². The lowest BCUT2D eigenvalue weighted by atomic mass is 10.1. The van der Waals surface area contributed by atoms with Crippen molar-refractivity contribution in [3.05, 3.63) is 81.2 Å². The van der Waals surface area contributed by atoms with E-state index in [9.17, 15) is 10.5 Å². The van der Waals surface area contributed by atoms with Gasteiger partial charge in [-0.05, 0) is 33.6 Å². The lowest BCUT2D eigenvalue weighted by molar-refractivity contribution is 0.750. The molecule has 1 aromatic carbocycles. The topological polar surface area (TPSA) is 95.1 Å². The molecule has 0 bridgehead atoms. The van der Waals surface area contributed by atoms with E-state index in [2.05, 4.69) is 43.3 Å². The van der Waals surface area contributed by atoms with Crippen LogP contribution in [-0.2, 0) is 6.54 Å². The van der Waals surface area contributed by atoms with Crippen molar-refractivity contribution in [2.24, 2.45) is 4.99 Å². The number of nitriles is 2. The van der Waals surface area contributed by atoms with Crippen LogP contribution in [0.15, 0.2) is 64.5 Å². The van der Waals surface area contributed by atoms with E-state index in [-0.39, 0.29) is 17.7 Å². The van der Waals surface area contributed by atoms with E-state index in [4.69, 9.17) is 11.6 Å². The van der Waals surface area contributed by atoms with Crippen LogP contribution in [0.3, 0.4) is 0 Å². The van der Waals surface area contributed by atoms with Crippen molar-refractivity contribution in [2.75, 3.05) is 0 Å². The highest BCUT2D eigenvalue weighted by atomic mass is 79.9. The predicted molar refractivity (Wildman–Crippen MR) is 111 cm³/mol. The van der Waals surface area contributed by atoms with Gasteiger partial charge in [-0.1, -0.05) is 35.9 Å². The number of rotatable bonds is 3. The van der Waals surface area contributed by atoms with Gasteiger partial charge in [-0.3, -0.25) is 4.98 Å². The molecule has 0 aliphatic rings. The first kappa shape index (κ1) is 18.9. The Labute approximate surface area is 178 Å². The van der Waals surface area contributed by atoms with Crippen LogP contribution in [0.4, 0.5) is 0 Å². The van der Waals surface area contributed by atoms with Gasteiger partial charge in [0.2, 0.25) is 5.62 Å². The van der Waals surface area contributed by atoms with Gasteiger partial charge < -0.3 is 0 Å². The third-order valence-electron chi connectivity index (χ3n) is 4.28. The van der Waals surface area contributed by atoms with Gasteiger partial charge in [-0.15, -0.1) is 0 Å². The Bertz CT molecular complexity index is 1370. The summed E-state index contributed by atoms with van der Waals surface area (Å²) in [6.45, 7) is 0.288. The van der Waals surface area contributed by atoms with Crippen molar-refractivity contribution >= 4 is 33.0 Å². The average Bonchev–Trinajstić information content (AvgIpc) is 3.13. The van der Waals surface area contributed by atoms with Gasteiger partial charge >= 0.3 is 0 Å². The Morgan fingerprint density at radius 1 is 1.14 bits per heavy atom. The van der Waals surface area contributed by atoms with Gasteiger partial charge in [0.05, 0.1) is 22.9 Å². The van der Waals surface area contributed by atoms with E-state index in [1.165, 1.54) is 9.08 Å². The third-order valence-corrected chi connectivity index (χ3v) is 5.19. The van der Waals surface area contributed by atoms with Crippen LogP contribution in [0.1, 0.15) is 11.1 Å². The molecule has 0 unspecified atom stereocenters. The van der Waals surface area contributed by atoms with Gasteiger partial charge in [0.25, 0.3) is 0 Å². The number of aromatic nitrogens is 4. The van der Waals surface area contributed by atoms with Crippen molar-refractivity contribution in [1.82, 2.24) is 19.2 Å². The summed E-state index contributed by atoms with van der Waals surface area (Å²) in [6, 6.07) is 13.0. The normalized spacial score (nSPS) is 11.4. The van der Waals surface area contributed by atoms with Gasteiger partial charge in [-0.2, -0.15) is 20.1 Å². The number of hydrogen-bond acceptors (Lipinski definition) is 5. The molecular formula is C20H11BrClN7. The van der Waals surface area contributed by atoms with E-state index in [1.54, 1.807) is 42.9 Å². The fourth-order valence-corrected chi connectivity index (χ4v) is 3.71. The third kappa shape index (κ3) is 3.29. The van der Waals surface area contributed by atoms with Crippen molar-refractivity contribution in [3.63, 3.8) is 0 Å². The highest BCUT2D eigenvalue weighted by Gasteiger charge is 2.22. The van der Waals surface area contributed by atoms with Crippen molar-refractivity contribution in [1.29, 1.82) is 10.5 Å². The van der Waals surface area contributed by atoms with E-state index in [0.717, 1.165) is 5.56 Å². The minimum Gasteiger partial charge on any atom is -0.264 e. The SMILES string of the molecule is N#Cc1c(-c2ccccc2Cl)n(C#N)c(=NCc2cccnc2)n2ncc(Br)c12. The van der Waals surface area contributed by atoms with E-state index in [0.29, 0.717) is 26.3 Å². The summed E-state index contributed by atoms with van der Waals surface area (Å²) < 4.78 is 3.37. The molecule has 140 valence electrons. The Morgan fingerprint density at radius 3 is 2.66 bits per heavy atom. The number of benzene rings is 1. The molecule has 0 radical (unpaired) electrons. The van der Waals surface area contributed by atoms with Crippen LogP contribution < -0.4 is 5.62 Å².